The van der Waals surface area contributed by atoms with Crippen LogP contribution in [-0.4, -0.2) is 22.1 Å². The van der Waals surface area contributed by atoms with Gasteiger partial charge >= 0.3 is 0 Å². The van der Waals surface area contributed by atoms with Crippen molar-refractivity contribution in [2.24, 2.45) is 0 Å². The van der Waals surface area contributed by atoms with Gasteiger partial charge in [-0.1, -0.05) is 44.7 Å². The Morgan fingerprint density at radius 2 is 1.89 bits per heavy atom. The largest absolute Gasteiger partial charge is 0.492 e. The lowest BCUT2D eigenvalue weighted by molar-refractivity contribution is -0.117. The number of hydrogen-bond acceptors (Lipinski definition) is 3. The highest BCUT2D eigenvalue weighted by molar-refractivity contribution is 5.87. The Hall–Kier alpha value is -3.08. The predicted octanol–water partition coefficient (Wildman–Crippen LogP) is 4.60. The number of nitrogens with zero attached hydrogens (tertiary/aromatic N) is 2. The van der Waals surface area contributed by atoms with Crippen molar-refractivity contribution in [2.75, 3.05) is 6.61 Å². The fourth-order valence-electron chi connectivity index (χ4n) is 3.20. The van der Waals surface area contributed by atoms with Crippen LogP contribution < -0.4 is 10.1 Å². The van der Waals surface area contributed by atoms with E-state index >= 15 is 0 Å². The minimum atomic E-state index is -0.233. The first-order valence-corrected chi connectivity index (χ1v) is 9.60. The molecule has 3 aromatic rings. The molecule has 0 fully saturated rings. The standard InChI is InChI=1S/C23H27N3O2/c1-5-22(27)24-17(4)23-25-20-8-6-7-9-21(20)26(23)14-15-28-19-12-10-18(11-13-19)16(2)3/h5-13,16-17H,1,14-15H2,2-4H3,(H,24,27). The molecule has 0 saturated carbocycles. The average Bonchev–Trinajstić information content (AvgIpc) is 3.07. The van der Waals surface area contributed by atoms with Gasteiger partial charge in [-0.3, -0.25) is 4.79 Å². The summed E-state index contributed by atoms with van der Waals surface area (Å²) in [6.07, 6.45) is 1.27. The van der Waals surface area contributed by atoms with Crippen LogP contribution in [0.5, 0.6) is 5.75 Å². The summed E-state index contributed by atoms with van der Waals surface area (Å²) >= 11 is 0. The van der Waals surface area contributed by atoms with Crippen LogP contribution in [-0.2, 0) is 11.3 Å². The summed E-state index contributed by atoms with van der Waals surface area (Å²) in [4.78, 5) is 16.4. The van der Waals surface area contributed by atoms with Crippen LogP contribution in [0.4, 0.5) is 0 Å². The maximum absolute atomic E-state index is 11.7. The van der Waals surface area contributed by atoms with Gasteiger partial charge in [-0.2, -0.15) is 0 Å². The quantitative estimate of drug-likeness (QED) is 0.584. The third kappa shape index (κ3) is 4.42. The molecule has 0 saturated heterocycles. The molecule has 5 heteroatoms. The van der Waals surface area contributed by atoms with E-state index in [1.54, 1.807) is 0 Å². The molecule has 3 rings (SSSR count). The lowest BCUT2D eigenvalue weighted by Crippen LogP contribution is -2.27. The van der Waals surface area contributed by atoms with Crippen LogP contribution in [0.15, 0.2) is 61.2 Å². The molecule has 1 atom stereocenters. The Labute approximate surface area is 166 Å². The molecule has 28 heavy (non-hydrogen) atoms. The minimum absolute atomic E-state index is 0.215. The first-order chi connectivity index (χ1) is 13.5. The highest BCUT2D eigenvalue weighted by Crippen LogP contribution is 2.22. The van der Waals surface area contributed by atoms with E-state index < -0.39 is 0 Å². The first kappa shape index (κ1) is 19.7. The molecule has 0 aliphatic heterocycles. The van der Waals surface area contributed by atoms with Crippen LogP contribution in [0.25, 0.3) is 11.0 Å². The molecule has 0 spiro atoms. The van der Waals surface area contributed by atoms with Gasteiger partial charge in [0.1, 0.15) is 18.2 Å². The van der Waals surface area contributed by atoms with Crippen LogP contribution in [0.2, 0.25) is 0 Å². The molecule has 1 heterocycles. The summed E-state index contributed by atoms with van der Waals surface area (Å²) in [5.41, 5.74) is 3.22. The number of ether oxygens (including phenoxy) is 1. The number of benzene rings is 2. The van der Waals surface area contributed by atoms with E-state index in [2.05, 4.69) is 42.4 Å². The molecule has 1 aromatic heterocycles. The van der Waals surface area contributed by atoms with Gasteiger partial charge in [-0.15, -0.1) is 0 Å². The topological polar surface area (TPSA) is 56.2 Å². The summed E-state index contributed by atoms with van der Waals surface area (Å²) in [6.45, 7) is 10.9. The molecule has 0 bridgehead atoms. The Morgan fingerprint density at radius 1 is 1.18 bits per heavy atom. The van der Waals surface area contributed by atoms with Crippen molar-refractivity contribution >= 4 is 16.9 Å². The number of imidazole rings is 1. The van der Waals surface area contributed by atoms with E-state index in [-0.39, 0.29) is 11.9 Å². The van der Waals surface area contributed by atoms with Crippen LogP contribution >= 0.6 is 0 Å². The fraction of sp³-hybridized carbons (Fsp3) is 0.304. The number of rotatable bonds is 8. The summed E-state index contributed by atoms with van der Waals surface area (Å²) in [5.74, 6) is 1.94. The lowest BCUT2D eigenvalue weighted by atomic mass is 10.0. The van der Waals surface area contributed by atoms with Crippen LogP contribution in [0.1, 0.15) is 44.1 Å². The number of para-hydroxylation sites is 2. The number of aromatic nitrogens is 2. The summed E-state index contributed by atoms with van der Waals surface area (Å²) in [6, 6.07) is 15.9. The van der Waals surface area contributed by atoms with Gasteiger partial charge < -0.3 is 14.6 Å². The summed E-state index contributed by atoms with van der Waals surface area (Å²) in [5, 5.41) is 2.89. The van der Waals surface area contributed by atoms with Gasteiger partial charge in [-0.05, 0) is 48.7 Å². The third-order valence-corrected chi connectivity index (χ3v) is 4.75. The van der Waals surface area contributed by atoms with Gasteiger partial charge in [0.2, 0.25) is 5.91 Å². The van der Waals surface area contributed by atoms with E-state index in [1.807, 2.05) is 43.3 Å². The number of carbonyl (C=O) groups is 1. The molecule has 1 N–H and O–H groups in total. The first-order valence-electron chi connectivity index (χ1n) is 9.60. The average molecular weight is 377 g/mol. The zero-order chi connectivity index (χ0) is 20.1. The number of amides is 1. The predicted molar refractivity (Wildman–Crippen MR) is 113 cm³/mol. The van der Waals surface area contributed by atoms with E-state index in [0.29, 0.717) is 19.1 Å². The Balaban J connectivity index is 1.76. The summed E-state index contributed by atoms with van der Waals surface area (Å²) < 4.78 is 8.05. The van der Waals surface area contributed by atoms with Gasteiger partial charge in [0.05, 0.1) is 23.6 Å². The molecule has 146 valence electrons. The Bertz CT molecular complexity index is 958. The van der Waals surface area contributed by atoms with Crippen molar-refractivity contribution in [3.05, 3.63) is 72.6 Å². The highest BCUT2D eigenvalue weighted by Gasteiger charge is 2.17. The molecule has 1 amide bonds. The van der Waals surface area contributed by atoms with E-state index in [9.17, 15) is 4.79 Å². The second-order valence-electron chi connectivity index (χ2n) is 7.12. The number of fused-ring (bicyclic) bond motifs is 1. The monoisotopic (exact) mass is 377 g/mol. The highest BCUT2D eigenvalue weighted by atomic mass is 16.5. The second-order valence-corrected chi connectivity index (χ2v) is 7.12. The van der Waals surface area contributed by atoms with Crippen molar-refractivity contribution in [2.45, 2.75) is 39.3 Å². The molecule has 2 aromatic carbocycles. The number of hydrogen-bond donors (Lipinski definition) is 1. The zero-order valence-electron chi connectivity index (χ0n) is 16.7. The van der Waals surface area contributed by atoms with Crippen molar-refractivity contribution < 1.29 is 9.53 Å². The van der Waals surface area contributed by atoms with Crippen LogP contribution in [0.3, 0.4) is 0 Å². The number of carbonyl (C=O) groups excluding carboxylic acids is 1. The molecule has 1 unspecified atom stereocenters. The normalized spacial score (nSPS) is 12.1. The van der Waals surface area contributed by atoms with Crippen molar-refractivity contribution in [1.82, 2.24) is 14.9 Å². The molecule has 5 nitrogen and oxygen atoms in total. The second kappa shape index (κ2) is 8.74. The van der Waals surface area contributed by atoms with Crippen molar-refractivity contribution in [1.29, 1.82) is 0 Å². The maximum Gasteiger partial charge on any atom is 0.243 e. The molecular formula is C23H27N3O2. The van der Waals surface area contributed by atoms with E-state index in [4.69, 9.17) is 9.72 Å². The third-order valence-electron chi connectivity index (χ3n) is 4.75. The van der Waals surface area contributed by atoms with Crippen molar-refractivity contribution in [3.63, 3.8) is 0 Å². The Kier molecular flexibility index (Phi) is 6.14. The van der Waals surface area contributed by atoms with E-state index in [0.717, 1.165) is 22.6 Å². The molecular weight excluding hydrogens is 350 g/mol. The zero-order valence-corrected chi connectivity index (χ0v) is 16.7. The van der Waals surface area contributed by atoms with Crippen LogP contribution in [0, 0.1) is 0 Å². The van der Waals surface area contributed by atoms with Crippen molar-refractivity contribution in [3.8, 4) is 5.75 Å². The van der Waals surface area contributed by atoms with Gasteiger partial charge in [0.15, 0.2) is 0 Å². The molecule has 0 aliphatic carbocycles. The number of nitrogens with one attached hydrogen (secondary N) is 1. The van der Waals surface area contributed by atoms with E-state index in [1.165, 1.54) is 11.6 Å². The smallest absolute Gasteiger partial charge is 0.243 e. The molecule has 0 aliphatic rings. The Morgan fingerprint density at radius 3 is 2.57 bits per heavy atom. The van der Waals surface area contributed by atoms with Gasteiger partial charge in [-0.25, -0.2) is 4.98 Å². The molecule has 0 radical (unpaired) electrons. The SMILES string of the molecule is C=CC(=O)NC(C)c1nc2ccccc2n1CCOc1ccc(C(C)C)cc1. The maximum atomic E-state index is 11.7. The van der Waals surface area contributed by atoms with Gasteiger partial charge in [0, 0.05) is 0 Å². The lowest BCUT2D eigenvalue weighted by Gasteiger charge is -2.16. The van der Waals surface area contributed by atoms with Gasteiger partial charge in [0.25, 0.3) is 0 Å². The summed E-state index contributed by atoms with van der Waals surface area (Å²) in [7, 11) is 0. The minimum Gasteiger partial charge on any atom is -0.492 e. The fourth-order valence-corrected chi connectivity index (χ4v) is 3.20.